The number of aromatic nitrogens is 1. The number of hydrogen-bond acceptors (Lipinski definition) is 4. The van der Waals surface area contributed by atoms with E-state index in [9.17, 15) is 4.79 Å². The topological polar surface area (TPSA) is 63.2 Å². The molecular weight excluding hydrogens is 266 g/mol. The van der Waals surface area contributed by atoms with E-state index < -0.39 is 0 Å². The number of hydrogen-bond donors (Lipinski definition) is 2. The second-order valence-electron chi connectivity index (χ2n) is 4.67. The molecule has 0 bridgehead atoms. The highest BCUT2D eigenvalue weighted by Crippen LogP contribution is 2.20. The Balaban J connectivity index is 2.20. The number of pyridine rings is 1. The molecule has 0 aliphatic carbocycles. The third-order valence-electron chi connectivity index (χ3n) is 3.33. The van der Waals surface area contributed by atoms with Crippen LogP contribution in [0.3, 0.4) is 0 Å². The number of nitrogens with one attached hydrogen (secondary N) is 2. The largest absolute Gasteiger partial charge is 0.494 e. The SMILES string of the molecule is CNC(C)c1cccc(NC(=O)c2ccncc2OC)c1. The number of carbonyl (C=O) groups is 1. The first-order chi connectivity index (χ1) is 10.2. The normalized spacial score (nSPS) is 11.8. The predicted octanol–water partition coefficient (Wildman–Crippen LogP) is 2.62. The van der Waals surface area contributed by atoms with Crippen molar-refractivity contribution in [2.24, 2.45) is 0 Å². The number of ether oxygens (including phenoxy) is 1. The minimum Gasteiger partial charge on any atom is -0.494 e. The fraction of sp³-hybridized carbons (Fsp3) is 0.250. The minimum absolute atomic E-state index is 0.219. The van der Waals surface area contributed by atoms with Gasteiger partial charge in [0.05, 0.1) is 18.9 Å². The van der Waals surface area contributed by atoms with Crippen molar-refractivity contribution in [2.45, 2.75) is 13.0 Å². The monoisotopic (exact) mass is 285 g/mol. The van der Waals surface area contributed by atoms with E-state index in [1.54, 1.807) is 12.3 Å². The van der Waals surface area contributed by atoms with Crippen LogP contribution in [0, 0.1) is 0 Å². The Hall–Kier alpha value is -2.40. The Morgan fingerprint density at radius 3 is 2.86 bits per heavy atom. The van der Waals surface area contributed by atoms with Gasteiger partial charge in [0.1, 0.15) is 5.75 Å². The lowest BCUT2D eigenvalue weighted by Gasteiger charge is -2.13. The molecule has 5 nitrogen and oxygen atoms in total. The Morgan fingerprint density at radius 2 is 2.14 bits per heavy atom. The molecule has 0 fully saturated rings. The zero-order valence-corrected chi connectivity index (χ0v) is 12.4. The zero-order valence-electron chi connectivity index (χ0n) is 12.4. The van der Waals surface area contributed by atoms with E-state index in [1.807, 2.05) is 31.3 Å². The van der Waals surface area contributed by atoms with Crippen LogP contribution in [-0.4, -0.2) is 25.0 Å². The molecule has 0 saturated heterocycles. The Labute approximate surface area is 124 Å². The average Bonchev–Trinajstić information content (AvgIpc) is 2.54. The summed E-state index contributed by atoms with van der Waals surface area (Å²) in [5.74, 6) is 0.234. The second kappa shape index (κ2) is 6.85. The van der Waals surface area contributed by atoms with Gasteiger partial charge in [0.25, 0.3) is 5.91 Å². The van der Waals surface area contributed by atoms with Crippen molar-refractivity contribution in [3.63, 3.8) is 0 Å². The molecule has 5 heteroatoms. The van der Waals surface area contributed by atoms with Crippen molar-refractivity contribution in [1.82, 2.24) is 10.3 Å². The standard InChI is InChI=1S/C16H19N3O2/c1-11(17-2)12-5-4-6-13(9-12)19-16(20)14-7-8-18-10-15(14)21-3/h4-11,17H,1-3H3,(H,19,20). The maximum atomic E-state index is 12.3. The lowest BCUT2D eigenvalue weighted by atomic mass is 10.1. The molecule has 0 spiro atoms. The van der Waals surface area contributed by atoms with Crippen molar-refractivity contribution in [1.29, 1.82) is 0 Å². The van der Waals surface area contributed by atoms with Gasteiger partial charge in [-0.05, 0) is 37.7 Å². The highest BCUT2D eigenvalue weighted by molar-refractivity contribution is 6.06. The molecule has 1 atom stereocenters. The first-order valence-corrected chi connectivity index (χ1v) is 6.72. The smallest absolute Gasteiger partial charge is 0.259 e. The van der Waals surface area contributed by atoms with E-state index in [-0.39, 0.29) is 11.9 Å². The Kier molecular flexibility index (Phi) is 4.90. The highest BCUT2D eigenvalue weighted by atomic mass is 16.5. The summed E-state index contributed by atoms with van der Waals surface area (Å²) in [6.45, 7) is 2.06. The van der Waals surface area contributed by atoms with E-state index >= 15 is 0 Å². The minimum atomic E-state index is -0.219. The van der Waals surface area contributed by atoms with E-state index in [0.29, 0.717) is 11.3 Å². The van der Waals surface area contributed by atoms with Gasteiger partial charge >= 0.3 is 0 Å². The summed E-state index contributed by atoms with van der Waals surface area (Å²) in [7, 11) is 3.42. The molecule has 2 N–H and O–H groups in total. The molecule has 0 radical (unpaired) electrons. The number of benzene rings is 1. The molecule has 2 rings (SSSR count). The van der Waals surface area contributed by atoms with Crippen LogP contribution < -0.4 is 15.4 Å². The highest BCUT2D eigenvalue weighted by Gasteiger charge is 2.12. The van der Waals surface area contributed by atoms with Crippen LogP contribution in [0.25, 0.3) is 0 Å². The van der Waals surface area contributed by atoms with Gasteiger partial charge in [-0.3, -0.25) is 9.78 Å². The summed E-state index contributed by atoms with van der Waals surface area (Å²) in [6.07, 6.45) is 3.09. The summed E-state index contributed by atoms with van der Waals surface area (Å²) in [6, 6.07) is 9.60. The van der Waals surface area contributed by atoms with Gasteiger partial charge in [-0.1, -0.05) is 12.1 Å². The summed E-state index contributed by atoms with van der Waals surface area (Å²) < 4.78 is 5.15. The van der Waals surface area contributed by atoms with Crippen LogP contribution >= 0.6 is 0 Å². The van der Waals surface area contributed by atoms with Gasteiger partial charge in [-0.25, -0.2) is 0 Å². The van der Waals surface area contributed by atoms with Crippen molar-refractivity contribution in [3.05, 3.63) is 53.9 Å². The lowest BCUT2D eigenvalue weighted by molar-refractivity contribution is 0.102. The Morgan fingerprint density at radius 1 is 1.33 bits per heavy atom. The molecule has 1 unspecified atom stereocenters. The number of methoxy groups -OCH3 is 1. The lowest BCUT2D eigenvalue weighted by Crippen LogP contribution is -2.15. The molecule has 21 heavy (non-hydrogen) atoms. The van der Waals surface area contributed by atoms with Gasteiger partial charge in [0.15, 0.2) is 0 Å². The maximum Gasteiger partial charge on any atom is 0.259 e. The third-order valence-corrected chi connectivity index (χ3v) is 3.33. The van der Waals surface area contributed by atoms with E-state index in [0.717, 1.165) is 11.3 Å². The van der Waals surface area contributed by atoms with Crippen LogP contribution in [0.1, 0.15) is 28.9 Å². The second-order valence-corrected chi connectivity index (χ2v) is 4.67. The molecule has 1 aromatic carbocycles. The quantitative estimate of drug-likeness (QED) is 0.886. The van der Waals surface area contributed by atoms with Gasteiger partial charge < -0.3 is 15.4 Å². The van der Waals surface area contributed by atoms with Gasteiger partial charge in [-0.15, -0.1) is 0 Å². The van der Waals surface area contributed by atoms with Crippen LogP contribution in [0.5, 0.6) is 5.75 Å². The summed E-state index contributed by atoms with van der Waals surface area (Å²) >= 11 is 0. The number of carbonyl (C=O) groups excluding carboxylic acids is 1. The summed E-state index contributed by atoms with van der Waals surface area (Å²) in [4.78, 5) is 16.3. The summed E-state index contributed by atoms with van der Waals surface area (Å²) in [5.41, 5.74) is 2.31. The number of nitrogens with zero attached hydrogens (tertiary/aromatic N) is 1. The van der Waals surface area contributed by atoms with Crippen LogP contribution in [0.15, 0.2) is 42.7 Å². The third kappa shape index (κ3) is 3.58. The first-order valence-electron chi connectivity index (χ1n) is 6.72. The molecule has 1 heterocycles. The first kappa shape index (κ1) is 15.0. The van der Waals surface area contributed by atoms with E-state index in [4.69, 9.17) is 4.74 Å². The zero-order chi connectivity index (χ0) is 15.2. The van der Waals surface area contributed by atoms with Gasteiger partial charge in [-0.2, -0.15) is 0 Å². The predicted molar refractivity (Wildman–Crippen MR) is 82.7 cm³/mol. The molecule has 0 aliphatic rings. The van der Waals surface area contributed by atoms with Gasteiger partial charge in [0, 0.05) is 17.9 Å². The van der Waals surface area contributed by atoms with Gasteiger partial charge in [0.2, 0.25) is 0 Å². The maximum absolute atomic E-state index is 12.3. The number of amides is 1. The molecule has 110 valence electrons. The van der Waals surface area contributed by atoms with Crippen LogP contribution in [-0.2, 0) is 0 Å². The van der Waals surface area contributed by atoms with E-state index in [1.165, 1.54) is 13.3 Å². The van der Waals surface area contributed by atoms with Crippen LogP contribution in [0.2, 0.25) is 0 Å². The number of anilines is 1. The molecule has 1 amide bonds. The fourth-order valence-corrected chi connectivity index (χ4v) is 1.98. The average molecular weight is 285 g/mol. The molecule has 2 aromatic rings. The van der Waals surface area contributed by atoms with E-state index in [2.05, 4.69) is 22.5 Å². The Bertz CT molecular complexity index is 628. The van der Waals surface area contributed by atoms with Crippen molar-refractivity contribution < 1.29 is 9.53 Å². The van der Waals surface area contributed by atoms with Crippen LogP contribution in [0.4, 0.5) is 5.69 Å². The van der Waals surface area contributed by atoms with Crippen molar-refractivity contribution >= 4 is 11.6 Å². The number of rotatable bonds is 5. The molecule has 0 saturated carbocycles. The fourth-order valence-electron chi connectivity index (χ4n) is 1.98. The molecular formula is C16H19N3O2. The molecule has 0 aliphatic heterocycles. The van der Waals surface area contributed by atoms with Crippen molar-refractivity contribution in [2.75, 3.05) is 19.5 Å². The van der Waals surface area contributed by atoms with Crippen molar-refractivity contribution in [3.8, 4) is 5.75 Å². The summed E-state index contributed by atoms with van der Waals surface area (Å²) in [5, 5.41) is 6.05. The molecule has 1 aromatic heterocycles.